The van der Waals surface area contributed by atoms with E-state index in [0.29, 0.717) is 16.7 Å². The molecule has 164 valence electrons. The van der Waals surface area contributed by atoms with Gasteiger partial charge in [-0.1, -0.05) is 66.5 Å². The fourth-order valence-electron chi connectivity index (χ4n) is 3.94. The van der Waals surface area contributed by atoms with E-state index in [9.17, 15) is 14.4 Å². The molecule has 0 aliphatic carbocycles. The molecule has 0 spiro atoms. The predicted molar refractivity (Wildman–Crippen MR) is 125 cm³/mol. The van der Waals surface area contributed by atoms with Crippen molar-refractivity contribution in [1.82, 2.24) is 4.98 Å². The zero-order chi connectivity index (χ0) is 23.1. The van der Waals surface area contributed by atoms with E-state index < -0.39 is 17.9 Å². The maximum absolute atomic E-state index is 13.6. The summed E-state index contributed by atoms with van der Waals surface area (Å²) < 4.78 is 11.1. The Labute approximate surface area is 192 Å². The van der Waals surface area contributed by atoms with Crippen LogP contribution in [0.4, 0.5) is 5.13 Å². The average Bonchev–Trinajstić information content (AvgIpc) is 3.35. The molecule has 0 radical (unpaired) electrons. The predicted octanol–water partition coefficient (Wildman–Crippen LogP) is 4.65. The monoisotopic (exact) mass is 458 g/mol. The molecular formula is C25H18N2O5S. The molecule has 0 N–H and O–H groups in total. The minimum absolute atomic E-state index is 0.0174. The largest absolute Gasteiger partial charge is 0.457 e. The fraction of sp³-hybridized carbons (Fsp3) is 0.120. The average molecular weight is 458 g/mol. The lowest BCUT2D eigenvalue weighted by molar-refractivity contribution is 0.0554. The first-order valence-corrected chi connectivity index (χ1v) is 11.0. The molecule has 0 fully saturated rings. The van der Waals surface area contributed by atoms with E-state index in [-0.39, 0.29) is 33.4 Å². The van der Waals surface area contributed by atoms with Gasteiger partial charge in [-0.2, -0.15) is 0 Å². The van der Waals surface area contributed by atoms with Gasteiger partial charge < -0.3 is 9.15 Å². The van der Waals surface area contributed by atoms with Crippen molar-refractivity contribution in [2.45, 2.75) is 13.0 Å². The van der Waals surface area contributed by atoms with Crippen LogP contribution in [-0.4, -0.2) is 23.5 Å². The number of anilines is 1. The van der Waals surface area contributed by atoms with Crippen LogP contribution in [0.5, 0.6) is 0 Å². The lowest BCUT2D eigenvalue weighted by Crippen LogP contribution is -2.29. The van der Waals surface area contributed by atoms with Gasteiger partial charge in [-0.05, 0) is 24.6 Å². The molecule has 4 aromatic rings. The highest BCUT2D eigenvalue weighted by atomic mass is 32.1. The molecule has 1 unspecified atom stereocenters. The summed E-state index contributed by atoms with van der Waals surface area (Å²) in [5.74, 6) is -1.05. The first-order chi connectivity index (χ1) is 16.0. The van der Waals surface area contributed by atoms with Crippen molar-refractivity contribution in [2.24, 2.45) is 0 Å². The van der Waals surface area contributed by atoms with E-state index in [1.54, 1.807) is 31.2 Å². The molecule has 1 aliphatic heterocycles. The molecular weight excluding hydrogens is 440 g/mol. The third-order valence-corrected chi connectivity index (χ3v) is 6.54. The van der Waals surface area contributed by atoms with Gasteiger partial charge in [-0.25, -0.2) is 9.78 Å². The van der Waals surface area contributed by atoms with Gasteiger partial charge in [0, 0.05) is 0 Å². The summed E-state index contributed by atoms with van der Waals surface area (Å²) >= 11 is 1.04. The fourth-order valence-corrected chi connectivity index (χ4v) is 4.93. The summed E-state index contributed by atoms with van der Waals surface area (Å²) in [6, 6.07) is 15.3. The number of amides is 1. The third kappa shape index (κ3) is 3.35. The maximum atomic E-state index is 13.6. The number of rotatable bonds is 5. The van der Waals surface area contributed by atoms with E-state index in [1.807, 2.05) is 30.3 Å². The van der Waals surface area contributed by atoms with E-state index in [0.717, 1.165) is 16.9 Å². The van der Waals surface area contributed by atoms with E-state index in [1.165, 1.54) is 11.0 Å². The van der Waals surface area contributed by atoms with Crippen LogP contribution in [-0.2, 0) is 4.74 Å². The van der Waals surface area contributed by atoms with Gasteiger partial charge in [-0.15, -0.1) is 0 Å². The summed E-state index contributed by atoms with van der Waals surface area (Å²) in [5, 5.41) is 0.683. The number of fused-ring (bicyclic) bond motifs is 2. The van der Waals surface area contributed by atoms with E-state index in [4.69, 9.17) is 9.15 Å². The highest BCUT2D eigenvalue weighted by molar-refractivity contribution is 7.17. The van der Waals surface area contributed by atoms with Gasteiger partial charge in [0.15, 0.2) is 10.6 Å². The number of nitrogens with zero attached hydrogens (tertiary/aromatic N) is 2. The van der Waals surface area contributed by atoms with Gasteiger partial charge in [0.2, 0.25) is 5.76 Å². The third-order valence-electron chi connectivity index (χ3n) is 5.40. The Kier molecular flexibility index (Phi) is 5.14. The van der Waals surface area contributed by atoms with Crippen molar-refractivity contribution in [2.75, 3.05) is 11.5 Å². The Hall–Kier alpha value is -4.04. The number of aromatic nitrogens is 1. The van der Waals surface area contributed by atoms with Gasteiger partial charge in [0.1, 0.15) is 17.1 Å². The molecule has 0 saturated heterocycles. The second-order valence-corrected chi connectivity index (χ2v) is 8.43. The molecule has 8 heteroatoms. The number of aryl methyl sites for hydroxylation is 1. The van der Waals surface area contributed by atoms with Gasteiger partial charge in [-0.3, -0.25) is 14.5 Å². The van der Waals surface area contributed by atoms with Crippen LogP contribution in [0.25, 0.3) is 11.0 Å². The molecule has 1 aliphatic rings. The van der Waals surface area contributed by atoms with Gasteiger partial charge in [0.05, 0.1) is 22.7 Å². The molecule has 33 heavy (non-hydrogen) atoms. The van der Waals surface area contributed by atoms with Crippen LogP contribution >= 0.6 is 11.3 Å². The quantitative estimate of drug-likeness (QED) is 0.319. The standard InChI is InChI=1S/C25H18N2O5S/c1-3-13-31-24(30)22-14(2)26-25(33-22)27-19(15-9-5-4-6-10-15)18-20(28)16-11-7-8-12-17(16)32-21(18)23(27)29/h3-12,19H,1,13H2,2H3. The van der Waals surface area contributed by atoms with Crippen molar-refractivity contribution in [1.29, 1.82) is 0 Å². The highest BCUT2D eigenvalue weighted by Crippen LogP contribution is 2.43. The van der Waals surface area contributed by atoms with Crippen molar-refractivity contribution < 1.29 is 18.7 Å². The zero-order valence-corrected chi connectivity index (χ0v) is 18.4. The van der Waals surface area contributed by atoms with E-state index >= 15 is 0 Å². The molecule has 0 bridgehead atoms. The molecule has 1 amide bonds. The minimum atomic E-state index is -0.739. The van der Waals surface area contributed by atoms with Gasteiger partial charge >= 0.3 is 5.97 Å². The number of para-hydroxylation sites is 1. The molecule has 3 heterocycles. The summed E-state index contributed by atoms with van der Waals surface area (Å²) in [7, 11) is 0. The minimum Gasteiger partial charge on any atom is -0.457 e. The van der Waals surface area contributed by atoms with E-state index in [2.05, 4.69) is 11.6 Å². The maximum Gasteiger partial charge on any atom is 0.350 e. The van der Waals surface area contributed by atoms with Crippen LogP contribution in [0.1, 0.15) is 43.1 Å². The number of hydrogen-bond donors (Lipinski definition) is 0. The van der Waals surface area contributed by atoms with Crippen molar-refractivity contribution in [3.8, 4) is 0 Å². The Morgan fingerprint density at radius 1 is 1.18 bits per heavy atom. The normalized spacial score (nSPS) is 15.0. The van der Waals surface area contributed by atoms with Gasteiger partial charge in [0.25, 0.3) is 5.91 Å². The number of carbonyl (C=O) groups is 2. The highest BCUT2D eigenvalue weighted by Gasteiger charge is 2.45. The van der Waals surface area contributed by atoms with Crippen LogP contribution in [0.2, 0.25) is 0 Å². The van der Waals surface area contributed by atoms with Crippen molar-refractivity contribution in [3.63, 3.8) is 0 Å². The molecule has 5 rings (SSSR count). The van der Waals surface area contributed by atoms with Crippen LogP contribution in [0, 0.1) is 6.92 Å². The summed E-state index contributed by atoms with van der Waals surface area (Å²) in [6.07, 6.45) is 1.48. The van der Waals surface area contributed by atoms with Crippen molar-refractivity contribution >= 4 is 39.3 Å². The smallest absolute Gasteiger partial charge is 0.350 e. The lowest BCUT2D eigenvalue weighted by atomic mass is 9.99. The van der Waals surface area contributed by atoms with Crippen LogP contribution in [0.15, 0.2) is 76.5 Å². The Morgan fingerprint density at radius 2 is 1.91 bits per heavy atom. The Balaban J connectivity index is 1.70. The summed E-state index contributed by atoms with van der Waals surface area (Å²) in [5.41, 5.74) is 1.50. The zero-order valence-electron chi connectivity index (χ0n) is 17.6. The first kappa shape index (κ1) is 20.8. The number of carbonyl (C=O) groups excluding carboxylic acids is 2. The second-order valence-electron chi connectivity index (χ2n) is 7.46. The first-order valence-electron chi connectivity index (χ1n) is 10.2. The summed E-state index contributed by atoms with van der Waals surface area (Å²) in [4.78, 5) is 45.7. The molecule has 2 aromatic heterocycles. The number of thiazole rings is 1. The SMILES string of the molecule is C=CCOC(=O)c1sc(N2C(=O)c3oc4ccccc4c(=O)c3C2c2ccccc2)nc1C. The number of benzene rings is 2. The second kappa shape index (κ2) is 8.14. The summed E-state index contributed by atoms with van der Waals surface area (Å²) in [6.45, 7) is 5.28. The molecule has 7 nitrogen and oxygen atoms in total. The number of hydrogen-bond acceptors (Lipinski definition) is 7. The number of esters is 1. The number of ether oxygens (including phenoxy) is 1. The molecule has 2 aromatic carbocycles. The Morgan fingerprint density at radius 3 is 2.67 bits per heavy atom. The Bertz CT molecular complexity index is 1470. The van der Waals surface area contributed by atoms with Crippen LogP contribution in [0.3, 0.4) is 0 Å². The lowest BCUT2D eigenvalue weighted by Gasteiger charge is -2.22. The van der Waals surface area contributed by atoms with Crippen LogP contribution < -0.4 is 10.3 Å². The molecule has 1 atom stereocenters. The molecule has 0 saturated carbocycles. The van der Waals surface area contributed by atoms with Crippen molar-refractivity contribution in [3.05, 3.63) is 105 Å². The topological polar surface area (TPSA) is 89.7 Å².